The number of nitrogens with one attached hydrogen (secondary N) is 1. The molecule has 2 unspecified atom stereocenters. The van der Waals surface area contributed by atoms with Crippen LogP contribution in [0, 0.1) is 11.6 Å². The fourth-order valence-electron chi connectivity index (χ4n) is 2.30. The minimum atomic E-state index is -1.21. The van der Waals surface area contributed by atoms with Crippen LogP contribution in [0.5, 0.6) is 0 Å². The first-order chi connectivity index (χ1) is 9.58. The molecule has 1 aromatic carbocycles. The van der Waals surface area contributed by atoms with Crippen LogP contribution in [0.15, 0.2) is 18.2 Å². The number of rotatable bonds is 5. The van der Waals surface area contributed by atoms with Gasteiger partial charge in [-0.1, -0.05) is 6.07 Å². The Bertz CT molecular complexity index is 425. The zero-order valence-electron chi connectivity index (χ0n) is 11.5. The van der Waals surface area contributed by atoms with Crippen LogP contribution in [0.25, 0.3) is 0 Å². The molecule has 1 aliphatic heterocycles. The summed E-state index contributed by atoms with van der Waals surface area (Å²) in [5.74, 6) is -1.46. The lowest BCUT2D eigenvalue weighted by Crippen LogP contribution is -2.45. The average Bonchev–Trinajstić information content (AvgIpc) is 2.38. The van der Waals surface area contributed by atoms with Crippen molar-refractivity contribution in [3.05, 3.63) is 35.4 Å². The van der Waals surface area contributed by atoms with Crippen molar-refractivity contribution < 1.29 is 18.6 Å². The number of aliphatic hydroxyl groups excluding tert-OH is 1. The maximum absolute atomic E-state index is 13.5. The van der Waals surface area contributed by atoms with Crippen LogP contribution in [-0.2, 0) is 4.74 Å². The lowest BCUT2D eigenvalue weighted by molar-refractivity contribution is -0.0192. The zero-order valence-corrected chi connectivity index (χ0v) is 11.5. The molecule has 2 N–H and O–H groups in total. The van der Waals surface area contributed by atoms with Crippen molar-refractivity contribution in [3.8, 4) is 0 Å². The van der Waals surface area contributed by atoms with Gasteiger partial charge in [-0.25, -0.2) is 8.78 Å². The molecule has 2 rings (SSSR count). The molecule has 1 heterocycles. The van der Waals surface area contributed by atoms with Crippen LogP contribution in [0.3, 0.4) is 0 Å². The van der Waals surface area contributed by atoms with Gasteiger partial charge in [-0.15, -0.1) is 0 Å². The number of halogens is 2. The molecule has 0 aliphatic carbocycles. The molecular weight excluding hydrogens is 266 g/mol. The molecule has 4 nitrogen and oxygen atoms in total. The zero-order chi connectivity index (χ0) is 14.5. The third-order valence-electron chi connectivity index (χ3n) is 3.38. The summed E-state index contributed by atoms with van der Waals surface area (Å²) in [4.78, 5) is 2.16. The number of ether oxygens (including phenoxy) is 1. The van der Waals surface area contributed by atoms with E-state index in [0.29, 0.717) is 13.2 Å². The van der Waals surface area contributed by atoms with E-state index in [2.05, 4.69) is 10.2 Å². The molecule has 2 atom stereocenters. The van der Waals surface area contributed by atoms with Gasteiger partial charge < -0.3 is 20.1 Å². The lowest BCUT2D eigenvalue weighted by Gasteiger charge is -2.30. The van der Waals surface area contributed by atoms with Gasteiger partial charge in [-0.2, -0.15) is 0 Å². The molecular formula is C14H20F2N2O2. The van der Waals surface area contributed by atoms with Gasteiger partial charge in [0.05, 0.1) is 24.4 Å². The van der Waals surface area contributed by atoms with E-state index in [1.807, 2.05) is 7.05 Å². The molecule has 1 saturated heterocycles. The van der Waals surface area contributed by atoms with E-state index in [9.17, 15) is 13.9 Å². The standard InChI is InChI=1S/C14H20F2N2O2/c1-18-5-6-20-10(9-18)7-17-8-13(19)14-11(15)3-2-4-12(14)16/h2-4,10,13,17,19H,5-9H2,1H3. The third-order valence-corrected chi connectivity index (χ3v) is 3.38. The summed E-state index contributed by atoms with van der Waals surface area (Å²) in [5.41, 5.74) is -0.290. The number of likely N-dealkylation sites (N-methyl/N-ethyl adjacent to an activating group) is 1. The number of aliphatic hydroxyl groups is 1. The number of morpholine rings is 1. The summed E-state index contributed by atoms with van der Waals surface area (Å²) in [6.07, 6.45) is -1.18. The Morgan fingerprint density at radius 2 is 2.15 bits per heavy atom. The summed E-state index contributed by atoms with van der Waals surface area (Å²) in [6, 6.07) is 3.56. The van der Waals surface area contributed by atoms with Crippen molar-refractivity contribution in [2.75, 3.05) is 39.8 Å². The maximum atomic E-state index is 13.5. The van der Waals surface area contributed by atoms with Crippen molar-refractivity contribution in [2.45, 2.75) is 12.2 Å². The summed E-state index contributed by atoms with van der Waals surface area (Å²) in [5, 5.41) is 12.9. The van der Waals surface area contributed by atoms with Gasteiger partial charge in [0.15, 0.2) is 0 Å². The van der Waals surface area contributed by atoms with Gasteiger partial charge >= 0.3 is 0 Å². The molecule has 0 bridgehead atoms. The van der Waals surface area contributed by atoms with Gasteiger partial charge in [0.1, 0.15) is 11.6 Å². The largest absolute Gasteiger partial charge is 0.387 e. The minimum absolute atomic E-state index is 0.0337. The summed E-state index contributed by atoms with van der Waals surface area (Å²) in [7, 11) is 2.01. The highest BCUT2D eigenvalue weighted by molar-refractivity contribution is 5.22. The highest BCUT2D eigenvalue weighted by atomic mass is 19.1. The smallest absolute Gasteiger partial charge is 0.131 e. The minimum Gasteiger partial charge on any atom is -0.387 e. The van der Waals surface area contributed by atoms with Crippen molar-refractivity contribution in [1.29, 1.82) is 0 Å². The van der Waals surface area contributed by atoms with Crippen LogP contribution in [-0.4, -0.2) is 55.9 Å². The second-order valence-corrected chi connectivity index (χ2v) is 5.06. The fourth-order valence-corrected chi connectivity index (χ4v) is 2.30. The Balaban J connectivity index is 1.82. The molecule has 20 heavy (non-hydrogen) atoms. The maximum Gasteiger partial charge on any atom is 0.131 e. The van der Waals surface area contributed by atoms with Crippen LogP contribution in [0.2, 0.25) is 0 Å². The predicted molar refractivity (Wildman–Crippen MR) is 71.4 cm³/mol. The molecule has 112 valence electrons. The predicted octanol–water partition coefficient (Wildman–Crippen LogP) is 0.918. The van der Waals surface area contributed by atoms with E-state index >= 15 is 0 Å². The van der Waals surface area contributed by atoms with Crippen LogP contribution < -0.4 is 5.32 Å². The third kappa shape index (κ3) is 3.96. The van der Waals surface area contributed by atoms with Crippen molar-refractivity contribution >= 4 is 0 Å². The monoisotopic (exact) mass is 286 g/mol. The van der Waals surface area contributed by atoms with E-state index in [-0.39, 0.29) is 18.2 Å². The summed E-state index contributed by atoms with van der Waals surface area (Å²) < 4.78 is 32.5. The quantitative estimate of drug-likeness (QED) is 0.845. The van der Waals surface area contributed by atoms with Gasteiger partial charge in [0, 0.05) is 26.2 Å². The Morgan fingerprint density at radius 1 is 1.45 bits per heavy atom. The molecule has 1 fully saturated rings. The number of benzene rings is 1. The van der Waals surface area contributed by atoms with Gasteiger partial charge in [-0.3, -0.25) is 0 Å². The number of nitrogens with zero attached hydrogens (tertiary/aromatic N) is 1. The molecule has 0 saturated carbocycles. The topological polar surface area (TPSA) is 44.7 Å². The Hall–Kier alpha value is -1.08. The van der Waals surface area contributed by atoms with Crippen LogP contribution >= 0.6 is 0 Å². The SMILES string of the molecule is CN1CCOC(CNCC(O)c2c(F)cccc2F)C1. The molecule has 1 aromatic rings. The first-order valence-electron chi connectivity index (χ1n) is 6.70. The molecule has 0 aromatic heterocycles. The highest BCUT2D eigenvalue weighted by Crippen LogP contribution is 2.19. The average molecular weight is 286 g/mol. The van der Waals surface area contributed by atoms with Crippen LogP contribution in [0.1, 0.15) is 11.7 Å². The fraction of sp³-hybridized carbons (Fsp3) is 0.571. The normalized spacial score (nSPS) is 21.9. The highest BCUT2D eigenvalue weighted by Gasteiger charge is 2.20. The molecule has 0 spiro atoms. The van der Waals surface area contributed by atoms with Gasteiger partial charge in [-0.05, 0) is 19.2 Å². The van der Waals surface area contributed by atoms with Gasteiger partial charge in [0.25, 0.3) is 0 Å². The van der Waals surface area contributed by atoms with E-state index < -0.39 is 17.7 Å². The van der Waals surface area contributed by atoms with Gasteiger partial charge in [0.2, 0.25) is 0 Å². The second kappa shape index (κ2) is 7.08. The Labute approximate surface area is 117 Å². The van der Waals surface area contributed by atoms with Crippen LogP contribution in [0.4, 0.5) is 8.78 Å². The van der Waals surface area contributed by atoms with E-state index in [1.165, 1.54) is 6.07 Å². The number of hydrogen-bond acceptors (Lipinski definition) is 4. The first-order valence-corrected chi connectivity index (χ1v) is 6.70. The Morgan fingerprint density at radius 3 is 2.80 bits per heavy atom. The number of hydrogen-bond donors (Lipinski definition) is 2. The van der Waals surface area contributed by atoms with E-state index in [1.54, 1.807) is 0 Å². The first kappa shape index (κ1) is 15.3. The van der Waals surface area contributed by atoms with Crippen molar-refractivity contribution in [2.24, 2.45) is 0 Å². The van der Waals surface area contributed by atoms with E-state index in [4.69, 9.17) is 4.74 Å². The summed E-state index contributed by atoms with van der Waals surface area (Å²) >= 11 is 0. The molecule has 0 radical (unpaired) electrons. The molecule has 6 heteroatoms. The van der Waals surface area contributed by atoms with E-state index in [0.717, 1.165) is 25.2 Å². The van der Waals surface area contributed by atoms with Crippen molar-refractivity contribution in [3.63, 3.8) is 0 Å². The Kier molecular flexibility index (Phi) is 5.42. The molecule has 1 aliphatic rings. The lowest BCUT2D eigenvalue weighted by atomic mass is 10.1. The second-order valence-electron chi connectivity index (χ2n) is 5.06. The van der Waals surface area contributed by atoms with Crippen molar-refractivity contribution in [1.82, 2.24) is 10.2 Å². The molecule has 0 amide bonds. The summed E-state index contributed by atoms with van der Waals surface area (Å²) in [6.45, 7) is 3.00.